The molecule has 3 aromatic carbocycles. The van der Waals surface area contributed by atoms with Gasteiger partial charge < -0.3 is 5.32 Å². The van der Waals surface area contributed by atoms with Crippen molar-refractivity contribution >= 4 is 16.6 Å². The summed E-state index contributed by atoms with van der Waals surface area (Å²) in [6.45, 7) is 0.824. The van der Waals surface area contributed by atoms with Gasteiger partial charge >= 0.3 is 0 Å². The van der Waals surface area contributed by atoms with E-state index < -0.39 is 0 Å². The van der Waals surface area contributed by atoms with Crippen LogP contribution in [0.3, 0.4) is 0 Å². The third-order valence-electron chi connectivity index (χ3n) is 4.25. The van der Waals surface area contributed by atoms with Crippen molar-refractivity contribution in [2.24, 2.45) is 4.99 Å². The fraction of sp³-hybridized carbons (Fsp3) is 0.150. The van der Waals surface area contributed by atoms with E-state index in [4.69, 9.17) is 4.99 Å². The van der Waals surface area contributed by atoms with Gasteiger partial charge in [0, 0.05) is 6.42 Å². The summed E-state index contributed by atoms with van der Waals surface area (Å²) in [4.78, 5) is 4.70. The number of benzene rings is 3. The highest BCUT2D eigenvalue weighted by molar-refractivity contribution is 5.93. The molecule has 1 atom stereocenters. The largest absolute Gasteiger partial charge is 0.365 e. The first-order valence-electron chi connectivity index (χ1n) is 7.71. The minimum absolute atomic E-state index is 0.311. The van der Waals surface area contributed by atoms with E-state index in [-0.39, 0.29) is 0 Å². The first-order chi connectivity index (χ1) is 10.9. The fourth-order valence-corrected chi connectivity index (χ4v) is 3.10. The highest BCUT2D eigenvalue weighted by Gasteiger charge is 2.19. The van der Waals surface area contributed by atoms with Crippen LogP contribution in [0.15, 0.2) is 77.8 Å². The second-order valence-corrected chi connectivity index (χ2v) is 5.71. The zero-order chi connectivity index (χ0) is 14.8. The van der Waals surface area contributed by atoms with E-state index in [0.29, 0.717) is 6.04 Å². The Labute approximate surface area is 130 Å². The minimum Gasteiger partial charge on any atom is -0.365 e. The molecule has 1 aliphatic rings. The third-order valence-corrected chi connectivity index (χ3v) is 4.25. The van der Waals surface area contributed by atoms with Crippen LogP contribution in [0.4, 0.5) is 0 Å². The van der Waals surface area contributed by atoms with Gasteiger partial charge in [0.05, 0.1) is 12.6 Å². The van der Waals surface area contributed by atoms with Gasteiger partial charge in [0.15, 0.2) is 0 Å². The van der Waals surface area contributed by atoms with Crippen LogP contribution in [0.2, 0.25) is 0 Å². The number of nitrogens with zero attached hydrogens (tertiary/aromatic N) is 1. The molecule has 0 amide bonds. The monoisotopic (exact) mass is 286 g/mol. The molecule has 108 valence electrons. The lowest BCUT2D eigenvalue weighted by Crippen LogP contribution is -2.24. The van der Waals surface area contributed by atoms with Crippen molar-refractivity contribution in [2.45, 2.75) is 12.5 Å². The summed E-state index contributed by atoms with van der Waals surface area (Å²) in [5, 5.41) is 6.18. The molecule has 1 aliphatic heterocycles. The van der Waals surface area contributed by atoms with Crippen molar-refractivity contribution in [1.29, 1.82) is 0 Å². The van der Waals surface area contributed by atoms with Crippen LogP contribution in [0.25, 0.3) is 10.8 Å². The van der Waals surface area contributed by atoms with Crippen molar-refractivity contribution in [3.05, 3.63) is 83.9 Å². The summed E-state index contributed by atoms with van der Waals surface area (Å²) in [5.74, 6) is 1.09. The number of hydrogen-bond donors (Lipinski definition) is 1. The zero-order valence-electron chi connectivity index (χ0n) is 12.4. The normalized spacial score (nSPS) is 17.3. The van der Waals surface area contributed by atoms with Gasteiger partial charge in [0.1, 0.15) is 5.84 Å². The zero-order valence-corrected chi connectivity index (χ0v) is 12.4. The Balaban J connectivity index is 1.55. The van der Waals surface area contributed by atoms with Crippen molar-refractivity contribution in [3.8, 4) is 0 Å². The van der Waals surface area contributed by atoms with Crippen molar-refractivity contribution in [3.63, 3.8) is 0 Å². The highest BCUT2D eigenvalue weighted by Crippen LogP contribution is 2.22. The molecule has 2 nitrogen and oxygen atoms in total. The van der Waals surface area contributed by atoms with E-state index in [1.54, 1.807) is 0 Å². The Kier molecular flexibility index (Phi) is 3.36. The third kappa shape index (κ3) is 2.48. The molecule has 3 aromatic rings. The average molecular weight is 286 g/mol. The van der Waals surface area contributed by atoms with Crippen LogP contribution in [-0.4, -0.2) is 12.4 Å². The second kappa shape index (κ2) is 5.64. The molecule has 0 radical (unpaired) electrons. The number of aliphatic imine (C=N–C) groups is 1. The van der Waals surface area contributed by atoms with Gasteiger partial charge in [-0.05, 0) is 21.9 Å². The minimum atomic E-state index is 0.311. The quantitative estimate of drug-likeness (QED) is 0.769. The van der Waals surface area contributed by atoms with Crippen LogP contribution in [0.1, 0.15) is 17.2 Å². The van der Waals surface area contributed by atoms with E-state index >= 15 is 0 Å². The van der Waals surface area contributed by atoms with Crippen LogP contribution in [0, 0.1) is 0 Å². The molecule has 1 unspecified atom stereocenters. The molecule has 22 heavy (non-hydrogen) atoms. The molecular weight excluding hydrogens is 268 g/mol. The first-order valence-corrected chi connectivity index (χ1v) is 7.71. The number of fused-ring (bicyclic) bond motifs is 1. The van der Waals surface area contributed by atoms with Crippen molar-refractivity contribution in [1.82, 2.24) is 5.32 Å². The van der Waals surface area contributed by atoms with Crippen LogP contribution in [0.5, 0.6) is 0 Å². The molecule has 0 aromatic heterocycles. The Morgan fingerprint density at radius 3 is 2.55 bits per heavy atom. The van der Waals surface area contributed by atoms with Gasteiger partial charge in [-0.2, -0.15) is 0 Å². The summed E-state index contributed by atoms with van der Waals surface area (Å²) < 4.78 is 0. The maximum absolute atomic E-state index is 4.70. The lowest BCUT2D eigenvalue weighted by atomic mass is 10.0. The van der Waals surface area contributed by atoms with Gasteiger partial charge in [-0.1, -0.05) is 72.8 Å². The van der Waals surface area contributed by atoms with Gasteiger partial charge in [-0.3, -0.25) is 4.99 Å². The Bertz CT molecular complexity index is 816. The van der Waals surface area contributed by atoms with E-state index in [9.17, 15) is 0 Å². The number of nitrogens with one attached hydrogen (secondary N) is 1. The summed E-state index contributed by atoms with van der Waals surface area (Å²) in [5.41, 5.74) is 2.64. The maximum atomic E-state index is 4.70. The molecule has 1 heterocycles. The van der Waals surface area contributed by atoms with Crippen molar-refractivity contribution < 1.29 is 0 Å². The number of amidine groups is 1. The van der Waals surface area contributed by atoms with Crippen LogP contribution >= 0.6 is 0 Å². The van der Waals surface area contributed by atoms with Crippen LogP contribution in [-0.2, 0) is 6.42 Å². The van der Waals surface area contributed by atoms with E-state index in [1.165, 1.54) is 21.9 Å². The molecule has 1 N–H and O–H groups in total. The standard InChI is InChI=1S/C20H18N2/c1-2-8-16(9-3-1)19-14-21-20(22-19)13-17-11-6-10-15-7-4-5-12-18(15)17/h1-12,19H,13-14H2,(H,21,22). The van der Waals surface area contributed by atoms with E-state index in [0.717, 1.165) is 18.8 Å². The predicted octanol–water partition coefficient (Wildman–Crippen LogP) is 4.13. The topological polar surface area (TPSA) is 24.4 Å². The summed E-state index contributed by atoms with van der Waals surface area (Å²) in [7, 11) is 0. The Morgan fingerprint density at radius 1 is 0.864 bits per heavy atom. The molecule has 0 bridgehead atoms. The Hall–Kier alpha value is -2.61. The smallest absolute Gasteiger partial charge is 0.101 e. The predicted molar refractivity (Wildman–Crippen MR) is 92.3 cm³/mol. The Morgan fingerprint density at radius 2 is 1.64 bits per heavy atom. The number of rotatable bonds is 3. The second-order valence-electron chi connectivity index (χ2n) is 5.71. The highest BCUT2D eigenvalue weighted by atomic mass is 15.1. The van der Waals surface area contributed by atoms with Gasteiger partial charge in [0.2, 0.25) is 0 Å². The molecule has 0 fully saturated rings. The lowest BCUT2D eigenvalue weighted by Gasteiger charge is -2.13. The fourth-order valence-electron chi connectivity index (χ4n) is 3.10. The van der Waals surface area contributed by atoms with Crippen molar-refractivity contribution in [2.75, 3.05) is 6.54 Å². The molecular formula is C20H18N2. The summed E-state index contributed by atoms with van der Waals surface area (Å²) >= 11 is 0. The van der Waals surface area contributed by atoms with E-state index in [1.807, 2.05) is 0 Å². The van der Waals surface area contributed by atoms with Crippen LogP contribution < -0.4 is 5.32 Å². The number of hydrogen-bond acceptors (Lipinski definition) is 2. The molecule has 0 saturated heterocycles. The first kappa shape index (κ1) is 13.1. The molecule has 4 rings (SSSR count). The maximum Gasteiger partial charge on any atom is 0.101 e. The lowest BCUT2D eigenvalue weighted by molar-refractivity contribution is 0.707. The summed E-state index contributed by atoms with van der Waals surface area (Å²) in [6, 6.07) is 25.9. The average Bonchev–Trinajstić information content (AvgIpc) is 3.05. The molecule has 2 heteroatoms. The molecule has 0 saturated carbocycles. The van der Waals surface area contributed by atoms with Gasteiger partial charge in [0.25, 0.3) is 0 Å². The van der Waals surface area contributed by atoms with Gasteiger partial charge in [-0.15, -0.1) is 0 Å². The van der Waals surface area contributed by atoms with E-state index in [2.05, 4.69) is 78.1 Å². The summed E-state index contributed by atoms with van der Waals surface area (Å²) in [6.07, 6.45) is 0.866. The van der Waals surface area contributed by atoms with Gasteiger partial charge in [-0.25, -0.2) is 0 Å². The molecule has 0 aliphatic carbocycles. The SMILES string of the molecule is c1ccc(C2CN=C(Cc3cccc4ccccc34)N2)cc1. The molecule has 0 spiro atoms.